The topological polar surface area (TPSA) is 80.2 Å². The minimum Gasteiger partial charge on any atom is -0.453 e. The highest BCUT2D eigenvalue weighted by Crippen LogP contribution is 2.30. The molecule has 2 heterocycles. The molecule has 7 nitrogen and oxygen atoms in total. The maximum atomic E-state index is 13.3. The molecule has 30 heavy (non-hydrogen) atoms. The number of benzene rings is 1. The van der Waals surface area contributed by atoms with E-state index in [1.54, 1.807) is 6.92 Å². The van der Waals surface area contributed by atoms with Gasteiger partial charge in [0, 0.05) is 36.5 Å². The highest BCUT2D eigenvalue weighted by atomic mass is 79.9. The van der Waals surface area contributed by atoms with Crippen molar-refractivity contribution in [3.63, 3.8) is 0 Å². The molecule has 2 aliphatic rings. The maximum absolute atomic E-state index is 13.3. The molecule has 1 aromatic carbocycles. The van der Waals surface area contributed by atoms with Crippen molar-refractivity contribution in [2.24, 2.45) is 4.99 Å². The Morgan fingerprint density at radius 1 is 1.27 bits per heavy atom. The average molecular weight is 480 g/mol. The van der Waals surface area contributed by atoms with Gasteiger partial charge in [0.2, 0.25) is 5.91 Å². The summed E-state index contributed by atoms with van der Waals surface area (Å²) in [6, 6.07) is 7.25. The van der Waals surface area contributed by atoms with Gasteiger partial charge in [-0.25, -0.2) is 4.79 Å². The molecule has 8 heteroatoms. The molecule has 3 atom stereocenters. The molecule has 1 N–H and O–H groups in total. The number of nitrogens with zero attached hydrogens (tertiary/aromatic N) is 2. The van der Waals surface area contributed by atoms with Crippen molar-refractivity contribution in [3.8, 4) is 0 Å². The molecule has 2 aliphatic heterocycles. The number of hydrogen-bond donors (Lipinski definition) is 1. The fraction of sp³-hybridized carbons (Fsp3) is 0.500. The average Bonchev–Trinajstić information content (AvgIpc) is 3.40. The fourth-order valence-corrected chi connectivity index (χ4v) is 4.01. The van der Waals surface area contributed by atoms with E-state index in [0.717, 1.165) is 34.2 Å². The van der Waals surface area contributed by atoms with Crippen LogP contribution in [0, 0.1) is 0 Å². The quantitative estimate of drug-likeness (QED) is 0.667. The molecule has 0 aliphatic carbocycles. The van der Waals surface area contributed by atoms with Crippen LogP contribution in [0.1, 0.15) is 39.2 Å². The fourth-order valence-electron chi connectivity index (χ4n) is 3.75. The second-order valence-electron chi connectivity index (χ2n) is 7.20. The Balaban J connectivity index is 0.00000320. The number of carbonyl (C=O) groups excluding carboxylic acids is 2. The first kappa shape index (κ1) is 24.1. The van der Waals surface area contributed by atoms with E-state index in [0.29, 0.717) is 13.0 Å². The van der Waals surface area contributed by atoms with Crippen molar-refractivity contribution in [1.82, 2.24) is 10.2 Å². The Bertz CT molecular complexity index is 822. The Kier molecular flexibility index (Phi) is 8.61. The Hall–Kier alpha value is -2.19. The highest BCUT2D eigenvalue weighted by molar-refractivity contribution is 9.10. The van der Waals surface area contributed by atoms with Gasteiger partial charge in [-0.1, -0.05) is 35.5 Å². The van der Waals surface area contributed by atoms with Crippen molar-refractivity contribution in [2.45, 2.75) is 51.8 Å². The first-order valence-corrected chi connectivity index (χ1v) is 10.4. The first-order valence-electron chi connectivity index (χ1n) is 9.64. The number of carbonyl (C=O) groups is 2. The summed E-state index contributed by atoms with van der Waals surface area (Å²) in [6.07, 6.45) is 3.23. The molecular formula is C22H30BrN3O4. The predicted molar refractivity (Wildman–Crippen MR) is 121 cm³/mol. The molecule has 164 valence electrons. The van der Waals surface area contributed by atoms with Gasteiger partial charge in [-0.3, -0.25) is 9.79 Å². The summed E-state index contributed by atoms with van der Waals surface area (Å²) in [4.78, 5) is 31.4. The number of methoxy groups -OCH3 is 2. The summed E-state index contributed by atoms with van der Waals surface area (Å²) in [5, 5.41) is 2.61. The molecule has 0 bridgehead atoms. The van der Waals surface area contributed by atoms with E-state index >= 15 is 0 Å². The van der Waals surface area contributed by atoms with Crippen LogP contribution in [-0.2, 0) is 14.3 Å². The Morgan fingerprint density at radius 3 is 2.60 bits per heavy atom. The summed E-state index contributed by atoms with van der Waals surface area (Å²) >= 11 is 3.46. The molecule has 0 saturated carbocycles. The lowest BCUT2D eigenvalue weighted by Gasteiger charge is -2.31. The molecule has 1 saturated heterocycles. The summed E-state index contributed by atoms with van der Waals surface area (Å²) < 4.78 is 11.0. The van der Waals surface area contributed by atoms with Crippen LogP contribution >= 0.6 is 15.9 Å². The number of rotatable bonds is 6. The standard InChI is InChI=1S/C21H26BrN3O4.CH4/c1-13(28-2)19(24-21(27)29-3)20(26)25-10-4-5-18(25)17-11-15(12-23-17)14-6-8-16(22)9-7-14;/h6-9,12-13,18-19H,4-5,10-11H2,1-3H3,(H,24,27);1H4/t13-,18+,19?;/m1./s1. The number of nitrogens with one attached hydrogen (secondary N) is 1. The predicted octanol–water partition coefficient (Wildman–Crippen LogP) is 4.02. The molecule has 3 rings (SSSR count). The lowest BCUT2D eigenvalue weighted by molar-refractivity contribution is -0.136. The second-order valence-corrected chi connectivity index (χ2v) is 8.12. The van der Waals surface area contributed by atoms with Crippen LogP contribution in [0.25, 0.3) is 5.57 Å². The number of likely N-dealkylation sites (tertiary alicyclic amines) is 1. The Morgan fingerprint density at radius 2 is 1.97 bits per heavy atom. The van der Waals surface area contributed by atoms with Crippen LogP contribution in [0.15, 0.2) is 39.9 Å². The van der Waals surface area contributed by atoms with Crippen molar-refractivity contribution < 1.29 is 19.1 Å². The normalized spacial score (nSPS) is 20.0. The van der Waals surface area contributed by atoms with Gasteiger partial charge in [-0.05, 0) is 43.0 Å². The van der Waals surface area contributed by atoms with Crippen LogP contribution in [0.4, 0.5) is 4.79 Å². The lowest BCUT2D eigenvalue weighted by atomic mass is 9.98. The minimum absolute atomic E-state index is 0. The van der Waals surface area contributed by atoms with Crippen molar-refractivity contribution in [1.29, 1.82) is 0 Å². The van der Waals surface area contributed by atoms with E-state index in [-0.39, 0.29) is 19.4 Å². The van der Waals surface area contributed by atoms with Crippen LogP contribution in [0.3, 0.4) is 0 Å². The van der Waals surface area contributed by atoms with Gasteiger partial charge >= 0.3 is 6.09 Å². The number of amides is 2. The van der Waals surface area contributed by atoms with Gasteiger partial charge in [0.05, 0.1) is 19.3 Å². The van der Waals surface area contributed by atoms with E-state index in [9.17, 15) is 9.59 Å². The third-order valence-electron chi connectivity index (χ3n) is 5.46. The number of halogens is 1. The van der Waals surface area contributed by atoms with E-state index < -0.39 is 18.2 Å². The third kappa shape index (κ3) is 5.29. The summed E-state index contributed by atoms with van der Waals surface area (Å²) in [7, 11) is 2.79. The SMILES string of the molecule is C.COC(=O)NC(C(=O)N1CCC[C@H]1C1=NC=C(c2ccc(Br)cc2)C1)[C@@H](C)OC. The van der Waals surface area contributed by atoms with Crippen molar-refractivity contribution in [2.75, 3.05) is 20.8 Å². The number of hydrogen-bond acceptors (Lipinski definition) is 5. The zero-order valence-electron chi connectivity index (χ0n) is 16.9. The van der Waals surface area contributed by atoms with E-state index in [2.05, 4.69) is 43.1 Å². The molecule has 2 amide bonds. The zero-order valence-corrected chi connectivity index (χ0v) is 18.4. The number of alkyl carbamates (subject to hydrolysis) is 1. The van der Waals surface area contributed by atoms with E-state index in [1.165, 1.54) is 14.2 Å². The number of allylic oxidation sites excluding steroid dienone is 1. The molecule has 1 fully saturated rings. The van der Waals surface area contributed by atoms with Crippen molar-refractivity contribution in [3.05, 3.63) is 40.5 Å². The largest absolute Gasteiger partial charge is 0.453 e. The van der Waals surface area contributed by atoms with Gasteiger partial charge in [0.1, 0.15) is 6.04 Å². The number of ether oxygens (including phenoxy) is 2. The van der Waals surface area contributed by atoms with Crippen LogP contribution < -0.4 is 5.32 Å². The van der Waals surface area contributed by atoms with Gasteiger partial charge in [0.15, 0.2) is 0 Å². The van der Waals surface area contributed by atoms with Crippen LogP contribution in [0.2, 0.25) is 0 Å². The van der Waals surface area contributed by atoms with E-state index in [1.807, 2.05) is 23.2 Å². The van der Waals surface area contributed by atoms with Gasteiger partial charge in [-0.15, -0.1) is 0 Å². The highest BCUT2D eigenvalue weighted by Gasteiger charge is 2.39. The summed E-state index contributed by atoms with van der Waals surface area (Å²) in [5.41, 5.74) is 3.25. The molecule has 0 radical (unpaired) electrons. The minimum atomic E-state index is -0.811. The lowest BCUT2D eigenvalue weighted by Crippen LogP contribution is -2.56. The molecule has 1 unspecified atom stereocenters. The van der Waals surface area contributed by atoms with Gasteiger partial charge in [0.25, 0.3) is 0 Å². The van der Waals surface area contributed by atoms with Crippen LogP contribution in [-0.4, -0.2) is 61.6 Å². The monoisotopic (exact) mass is 479 g/mol. The maximum Gasteiger partial charge on any atom is 0.407 e. The molecule has 1 aromatic rings. The summed E-state index contributed by atoms with van der Waals surface area (Å²) in [5.74, 6) is -0.174. The molecular weight excluding hydrogens is 450 g/mol. The Labute approximate surface area is 186 Å². The second kappa shape index (κ2) is 10.7. The van der Waals surface area contributed by atoms with Crippen LogP contribution in [0.5, 0.6) is 0 Å². The smallest absolute Gasteiger partial charge is 0.407 e. The third-order valence-corrected chi connectivity index (χ3v) is 5.99. The van der Waals surface area contributed by atoms with Gasteiger partial charge < -0.3 is 19.7 Å². The van der Waals surface area contributed by atoms with Gasteiger partial charge in [-0.2, -0.15) is 0 Å². The molecule has 0 spiro atoms. The number of aliphatic imine (C=N–C) groups is 1. The van der Waals surface area contributed by atoms with E-state index in [4.69, 9.17) is 4.74 Å². The summed E-state index contributed by atoms with van der Waals surface area (Å²) in [6.45, 7) is 2.38. The van der Waals surface area contributed by atoms with Crippen molar-refractivity contribution >= 4 is 39.2 Å². The molecule has 0 aromatic heterocycles. The first-order chi connectivity index (χ1) is 13.9. The zero-order chi connectivity index (χ0) is 21.0.